The number of rotatable bonds is 4. The first-order valence-electron chi connectivity index (χ1n) is 4.67. The highest BCUT2D eigenvalue weighted by Crippen LogP contribution is 2.14. The molecule has 0 radical (unpaired) electrons. The van der Waals surface area contributed by atoms with Gasteiger partial charge in [0.25, 0.3) is 0 Å². The Morgan fingerprint density at radius 3 is 3.07 bits per heavy atom. The molecule has 0 aliphatic carbocycles. The topological polar surface area (TPSA) is 63.8 Å². The molecule has 0 aliphatic rings. The monoisotopic (exact) mass is 224 g/mol. The molecule has 2 rings (SSSR count). The SMILES string of the molecule is Cc1nc(CNC(C)c2nccs2)no1. The molecule has 0 aliphatic heterocycles. The highest BCUT2D eigenvalue weighted by Gasteiger charge is 2.09. The van der Waals surface area contributed by atoms with Gasteiger partial charge in [-0.05, 0) is 6.92 Å². The van der Waals surface area contributed by atoms with Crippen LogP contribution in [0, 0.1) is 6.92 Å². The van der Waals surface area contributed by atoms with Crippen molar-refractivity contribution >= 4 is 11.3 Å². The van der Waals surface area contributed by atoms with Crippen LogP contribution in [-0.4, -0.2) is 15.1 Å². The number of thiazole rings is 1. The lowest BCUT2D eigenvalue weighted by Crippen LogP contribution is -2.18. The predicted octanol–water partition coefficient (Wildman–Crippen LogP) is 1.69. The van der Waals surface area contributed by atoms with Gasteiger partial charge in [-0.1, -0.05) is 5.16 Å². The van der Waals surface area contributed by atoms with E-state index in [2.05, 4.69) is 27.4 Å². The number of nitrogens with zero attached hydrogens (tertiary/aromatic N) is 3. The molecule has 1 atom stereocenters. The van der Waals surface area contributed by atoms with Gasteiger partial charge in [0, 0.05) is 18.5 Å². The van der Waals surface area contributed by atoms with Crippen molar-refractivity contribution in [1.29, 1.82) is 0 Å². The van der Waals surface area contributed by atoms with Gasteiger partial charge in [-0.2, -0.15) is 4.98 Å². The lowest BCUT2D eigenvalue weighted by molar-refractivity contribution is 0.384. The van der Waals surface area contributed by atoms with Crippen LogP contribution in [0.1, 0.15) is 29.7 Å². The third-order valence-electron chi connectivity index (χ3n) is 1.96. The lowest BCUT2D eigenvalue weighted by atomic mass is 10.3. The molecule has 0 saturated carbocycles. The van der Waals surface area contributed by atoms with Gasteiger partial charge in [0.05, 0.1) is 12.6 Å². The Kier molecular flexibility index (Phi) is 3.08. The van der Waals surface area contributed by atoms with Crippen LogP contribution in [0.25, 0.3) is 0 Å². The van der Waals surface area contributed by atoms with Crippen molar-refractivity contribution in [3.63, 3.8) is 0 Å². The largest absolute Gasteiger partial charge is 0.340 e. The Morgan fingerprint density at radius 1 is 1.60 bits per heavy atom. The van der Waals surface area contributed by atoms with Gasteiger partial charge in [-0.3, -0.25) is 0 Å². The van der Waals surface area contributed by atoms with E-state index in [1.54, 1.807) is 24.5 Å². The van der Waals surface area contributed by atoms with Crippen LogP contribution in [0.3, 0.4) is 0 Å². The number of hydrogen-bond donors (Lipinski definition) is 1. The maximum Gasteiger partial charge on any atom is 0.223 e. The van der Waals surface area contributed by atoms with Crippen LogP contribution in [0.15, 0.2) is 16.1 Å². The number of aromatic nitrogens is 3. The summed E-state index contributed by atoms with van der Waals surface area (Å²) in [6, 6.07) is 0.212. The van der Waals surface area contributed by atoms with E-state index in [-0.39, 0.29) is 6.04 Å². The molecule has 0 aromatic carbocycles. The summed E-state index contributed by atoms with van der Waals surface area (Å²) >= 11 is 1.63. The van der Waals surface area contributed by atoms with E-state index in [9.17, 15) is 0 Å². The molecule has 0 fully saturated rings. The van der Waals surface area contributed by atoms with Gasteiger partial charge >= 0.3 is 0 Å². The summed E-state index contributed by atoms with van der Waals surface area (Å²) in [5.74, 6) is 1.27. The number of aryl methyl sites for hydroxylation is 1. The molecule has 15 heavy (non-hydrogen) atoms. The zero-order chi connectivity index (χ0) is 10.7. The molecular weight excluding hydrogens is 212 g/mol. The summed E-state index contributed by atoms with van der Waals surface area (Å²) in [5, 5.41) is 10.1. The summed E-state index contributed by atoms with van der Waals surface area (Å²) in [4.78, 5) is 8.33. The van der Waals surface area contributed by atoms with Crippen LogP contribution in [-0.2, 0) is 6.54 Å². The zero-order valence-electron chi connectivity index (χ0n) is 8.60. The quantitative estimate of drug-likeness (QED) is 0.856. The molecule has 5 nitrogen and oxygen atoms in total. The molecule has 2 heterocycles. The summed E-state index contributed by atoms with van der Waals surface area (Å²) in [7, 11) is 0. The maximum atomic E-state index is 4.87. The molecule has 80 valence electrons. The first-order valence-corrected chi connectivity index (χ1v) is 5.55. The van der Waals surface area contributed by atoms with Crippen LogP contribution >= 0.6 is 11.3 Å². The van der Waals surface area contributed by atoms with Gasteiger partial charge in [0.1, 0.15) is 5.01 Å². The second-order valence-corrected chi connectivity index (χ2v) is 4.13. The Hall–Kier alpha value is -1.27. The second-order valence-electron chi connectivity index (χ2n) is 3.20. The summed E-state index contributed by atoms with van der Waals surface area (Å²) < 4.78 is 4.87. The van der Waals surface area contributed by atoms with E-state index in [1.807, 2.05) is 5.38 Å². The smallest absolute Gasteiger partial charge is 0.223 e. The lowest BCUT2D eigenvalue weighted by Gasteiger charge is -2.08. The molecule has 2 aromatic heterocycles. The minimum absolute atomic E-state index is 0.212. The first kappa shape index (κ1) is 10.3. The highest BCUT2D eigenvalue weighted by molar-refractivity contribution is 7.09. The molecule has 1 unspecified atom stereocenters. The van der Waals surface area contributed by atoms with E-state index >= 15 is 0 Å². The van der Waals surface area contributed by atoms with E-state index in [0.29, 0.717) is 18.3 Å². The van der Waals surface area contributed by atoms with Gasteiger partial charge in [-0.25, -0.2) is 4.98 Å². The zero-order valence-corrected chi connectivity index (χ0v) is 9.41. The standard InChI is InChI=1S/C9H12N4OS/c1-6(9-10-3-4-15-9)11-5-8-12-7(2)14-13-8/h3-4,6,11H,5H2,1-2H3. The molecular formula is C9H12N4OS. The predicted molar refractivity (Wildman–Crippen MR) is 56.4 cm³/mol. The van der Waals surface area contributed by atoms with E-state index < -0.39 is 0 Å². The highest BCUT2D eigenvalue weighted by atomic mass is 32.1. The Morgan fingerprint density at radius 2 is 2.47 bits per heavy atom. The van der Waals surface area contributed by atoms with E-state index in [1.165, 1.54) is 0 Å². The van der Waals surface area contributed by atoms with Crippen LogP contribution in [0.2, 0.25) is 0 Å². The van der Waals surface area contributed by atoms with Crippen molar-refractivity contribution in [2.24, 2.45) is 0 Å². The average molecular weight is 224 g/mol. The summed E-state index contributed by atoms with van der Waals surface area (Å²) in [6.07, 6.45) is 1.80. The summed E-state index contributed by atoms with van der Waals surface area (Å²) in [6.45, 7) is 4.44. The van der Waals surface area contributed by atoms with Gasteiger partial charge in [0.2, 0.25) is 5.89 Å². The molecule has 6 heteroatoms. The summed E-state index contributed by atoms with van der Waals surface area (Å²) in [5.41, 5.74) is 0. The molecule has 0 amide bonds. The van der Waals surface area contributed by atoms with Crippen molar-refractivity contribution in [3.05, 3.63) is 28.3 Å². The van der Waals surface area contributed by atoms with Crippen molar-refractivity contribution in [2.45, 2.75) is 26.4 Å². The van der Waals surface area contributed by atoms with Crippen molar-refractivity contribution in [3.8, 4) is 0 Å². The first-order chi connectivity index (χ1) is 7.25. The molecule has 2 aromatic rings. The third-order valence-corrected chi connectivity index (χ3v) is 2.92. The Labute approximate surface area is 91.5 Å². The fourth-order valence-corrected chi connectivity index (χ4v) is 1.86. The molecule has 0 saturated heterocycles. The minimum atomic E-state index is 0.212. The third kappa shape index (κ3) is 2.60. The second kappa shape index (κ2) is 4.50. The normalized spacial score (nSPS) is 12.9. The fourth-order valence-electron chi connectivity index (χ4n) is 1.19. The maximum absolute atomic E-state index is 4.87. The van der Waals surface area contributed by atoms with Crippen molar-refractivity contribution < 1.29 is 4.52 Å². The minimum Gasteiger partial charge on any atom is -0.340 e. The Balaban J connectivity index is 1.88. The van der Waals surface area contributed by atoms with Crippen LogP contribution < -0.4 is 5.32 Å². The number of nitrogens with one attached hydrogen (secondary N) is 1. The van der Waals surface area contributed by atoms with E-state index in [4.69, 9.17) is 4.52 Å². The van der Waals surface area contributed by atoms with Gasteiger partial charge < -0.3 is 9.84 Å². The molecule has 1 N–H and O–H groups in total. The average Bonchev–Trinajstić information content (AvgIpc) is 2.84. The number of hydrogen-bond acceptors (Lipinski definition) is 6. The van der Waals surface area contributed by atoms with Crippen LogP contribution in [0.5, 0.6) is 0 Å². The van der Waals surface area contributed by atoms with Crippen molar-refractivity contribution in [1.82, 2.24) is 20.4 Å². The van der Waals surface area contributed by atoms with Gasteiger partial charge in [-0.15, -0.1) is 11.3 Å². The van der Waals surface area contributed by atoms with Gasteiger partial charge in [0.15, 0.2) is 5.82 Å². The van der Waals surface area contributed by atoms with E-state index in [0.717, 1.165) is 5.01 Å². The molecule has 0 bridgehead atoms. The molecule has 0 spiro atoms. The van der Waals surface area contributed by atoms with Crippen LogP contribution in [0.4, 0.5) is 0 Å². The fraction of sp³-hybridized carbons (Fsp3) is 0.444. The Bertz CT molecular complexity index is 411. The van der Waals surface area contributed by atoms with Crippen molar-refractivity contribution in [2.75, 3.05) is 0 Å².